The van der Waals surface area contributed by atoms with E-state index in [0.29, 0.717) is 18.2 Å². The fraction of sp³-hybridized carbons (Fsp3) is 0.500. The second-order valence-corrected chi connectivity index (χ2v) is 7.05. The Balaban J connectivity index is 1.53. The van der Waals surface area contributed by atoms with Gasteiger partial charge in [-0.2, -0.15) is 0 Å². The number of ether oxygens (including phenoxy) is 1. The minimum absolute atomic E-state index is 0.0234. The lowest BCUT2D eigenvalue weighted by molar-refractivity contribution is -0.120. The van der Waals surface area contributed by atoms with Gasteiger partial charge in [-0.1, -0.05) is 42.1 Å². The van der Waals surface area contributed by atoms with Crippen molar-refractivity contribution in [3.63, 3.8) is 0 Å². The molecule has 1 aromatic carbocycles. The molecule has 1 aliphatic heterocycles. The fourth-order valence-corrected chi connectivity index (χ4v) is 3.32. The number of rotatable bonds is 7. The van der Waals surface area contributed by atoms with Crippen molar-refractivity contribution in [2.24, 2.45) is 0 Å². The van der Waals surface area contributed by atoms with E-state index >= 15 is 0 Å². The number of aromatic nitrogens is 4. The summed E-state index contributed by atoms with van der Waals surface area (Å²) < 4.78 is 7.23. The van der Waals surface area contributed by atoms with Crippen LogP contribution in [-0.2, 0) is 16.1 Å². The summed E-state index contributed by atoms with van der Waals surface area (Å²) in [6.45, 7) is 3.80. The maximum atomic E-state index is 12.2. The van der Waals surface area contributed by atoms with Gasteiger partial charge in [0, 0.05) is 13.2 Å². The molecule has 1 saturated heterocycles. The molecule has 3 rings (SSSR count). The van der Waals surface area contributed by atoms with Gasteiger partial charge in [0.1, 0.15) is 0 Å². The van der Waals surface area contributed by atoms with Crippen LogP contribution in [0.25, 0.3) is 0 Å². The van der Waals surface area contributed by atoms with Crippen LogP contribution in [0, 0.1) is 0 Å². The Labute approximate surface area is 145 Å². The first kappa shape index (κ1) is 16.9. The average Bonchev–Trinajstić information content (AvgIpc) is 3.26. The summed E-state index contributed by atoms with van der Waals surface area (Å²) in [6, 6.07) is 9.97. The Morgan fingerprint density at radius 3 is 3.04 bits per heavy atom. The average molecular weight is 347 g/mol. The van der Waals surface area contributed by atoms with Crippen LogP contribution in [0.4, 0.5) is 0 Å². The van der Waals surface area contributed by atoms with Crippen molar-refractivity contribution in [1.82, 2.24) is 25.5 Å². The third kappa shape index (κ3) is 4.55. The number of carbonyl (C=O) groups excluding carboxylic acids is 1. The zero-order valence-electron chi connectivity index (χ0n) is 13.6. The lowest BCUT2D eigenvalue weighted by Gasteiger charge is -2.14. The minimum Gasteiger partial charge on any atom is -0.376 e. The van der Waals surface area contributed by atoms with Crippen molar-refractivity contribution >= 4 is 17.7 Å². The predicted octanol–water partition coefficient (Wildman–Crippen LogP) is 1.50. The number of hydrogen-bond donors (Lipinski definition) is 1. The van der Waals surface area contributed by atoms with E-state index in [4.69, 9.17) is 4.74 Å². The topological polar surface area (TPSA) is 81.9 Å². The van der Waals surface area contributed by atoms with Crippen molar-refractivity contribution in [2.75, 3.05) is 13.2 Å². The molecule has 128 valence electrons. The van der Waals surface area contributed by atoms with Gasteiger partial charge in [-0.05, 0) is 35.8 Å². The normalized spacial score (nSPS) is 18.5. The van der Waals surface area contributed by atoms with E-state index in [9.17, 15) is 4.79 Å². The van der Waals surface area contributed by atoms with Gasteiger partial charge in [-0.15, -0.1) is 5.10 Å². The Hall–Kier alpha value is -1.93. The highest BCUT2D eigenvalue weighted by Crippen LogP contribution is 2.21. The molecule has 1 fully saturated rings. The molecule has 2 aromatic rings. The minimum atomic E-state index is -0.271. The smallest absolute Gasteiger partial charge is 0.233 e. The SMILES string of the molecule is CC(Sc1nnnn1Cc1ccccc1)C(=O)NCC1CCCO1. The predicted molar refractivity (Wildman–Crippen MR) is 90.7 cm³/mol. The third-order valence-electron chi connectivity index (χ3n) is 3.85. The van der Waals surface area contributed by atoms with Gasteiger partial charge in [-0.3, -0.25) is 4.79 Å². The molecule has 24 heavy (non-hydrogen) atoms. The maximum Gasteiger partial charge on any atom is 0.233 e. The number of thioether (sulfide) groups is 1. The molecule has 0 radical (unpaired) electrons. The highest BCUT2D eigenvalue weighted by atomic mass is 32.2. The highest BCUT2D eigenvalue weighted by Gasteiger charge is 2.21. The van der Waals surface area contributed by atoms with Gasteiger partial charge in [0.2, 0.25) is 11.1 Å². The van der Waals surface area contributed by atoms with Crippen LogP contribution >= 0.6 is 11.8 Å². The summed E-state index contributed by atoms with van der Waals surface area (Å²) in [6.07, 6.45) is 2.23. The molecule has 2 atom stereocenters. The molecule has 1 N–H and O–H groups in total. The van der Waals surface area contributed by atoms with Gasteiger partial charge in [-0.25, -0.2) is 4.68 Å². The van der Waals surface area contributed by atoms with Crippen LogP contribution in [-0.4, -0.2) is 50.6 Å². The number of hydrogen-bond acceptors (Lipinski definition) is 6. The van der Waals surface area contributed by atoms with E-state index in [2.05, 4.69) is 20.8 Å². The van der Waals surface area contributed by atoms with Gasteiger partial charge in [0.05, 0.1) is 17.9 Å². The number of tetrazole rings is 1. The van der Waals surface area contributed by atoms with Gasteiger partial charge >= 0.3 is 0 Å². The van der Waals surface area contributed by atoms with E-state index in [-0.39, 0.29) is 17.3 Å². The summed E-state index contributed by atoms with van der Waals surface area (Å²) >= 11 is 1.36. The monoisotopic (exact) mass is 347 g/mol. The third-order valence-corrected chi connectivity index (χ3v) is 4.92. The lowest BCUT2D eigenvalue weighted by atomic mass is 10.2. The maximum absolute atomic E-state index is 12.2. The Kier molecular flexibility index (Phi) is 5.81. The van der Waals surface area contributed by atoms with E-state index in [0.717, 1.165) is 25.0 Å². The molecule has 1 aliphatic rings. The number of carbonyl (C=O) groups is 1. The van der Waals surface area contributed by atoms with Crippen LogP contribution in [0.1, 0.15) is 25.3 Å². The van der Waals surface area contributed by atoms with Crippen molar-refractivity contribution < 1.29 is 9.53 Å². The number of benzene rings is 1. The molecule has 8 heteroatoms. The number of amides is 1. The molecule has 0 bridgehead atoms. The molecule has 0 spiro atoms. The van der Waals surface area contributed by atoms with E-state index < -0.39 is 0 Å². The van der Waals surface area contributed by atoms with Crippen LogP contribution in [0.5, 0.6) is 0 Å². The first-order valence-electron chi connectivity index (χ1n) is 8.08. The Bertz CT molecular complexity index is 657. The van der Waals surface area contributed by atoms with Crippen LogP contribution in [0.15, 0.2) is 35.5 Å². The van der Waals surface area contributed by atoms with E-state index in [1.54, 1.807) is 4.68 Å². The van der Waals surface area contributed by atoms with Crippen LogP contribution in [0.2, 0.25) is 0 Å². The Morgan fingerprint density at radius 2 is 2.29 bits per heavy atom. The van der Waals surface area contributed by atoms with Crippen molar-refractivity contribution in [1.29, 1.82) is 0 Å². The lowest BCUT2D eigenvalue weighted by Crippen LogP contribution is -2.36. The van der Waals surface area contributed by atoms with Crippen LogP contribution in [0.3, 0.4) is 0 Å². The Morgan fingerprint density at radius 1 is 1.46 bits per heavy atom. The van der Waals surface area contributed by atoms with Crippen molar-refractivity contribution in [2.45, 2.75) is 42.8 Å². The summed E-state index contributed by atoms with van der Waals surface area (Å²) in [5.41, 5.74) is 1.11. The first-order chi connectivity index (χ1) is 11.7. The number of nitrogens with zero attached hydrogens (tertiary/aromatic N) is 4. The van der Waals surface area contributed by atoms with Gasteiger partial charge in [0.15, 0.2) is 0 Å². The zero-order chi connectivity index (χ0) is 16.8. The molecular formula is C16H21N5O2S. The van der Waals surface area contributed by atoms with Gasteiger partial charge < -0.3 is 10.1 Å². The van der Waals surface area contributed by atoms with Crippen molar-refractivity contribution in [3.05, 3.63) is 35.9 Å². The molecule has 2 heterocycles. The zero-order valence-corrected chi connectivity index (χ0v) is 14.4. The van der Waals surface area contributed by atoms with Crippen LogP contribution < -0.4 is 5.32 Å². The standard InChI is InChI=1S/C16H21N5O2S/c1-12(15(22)17-10-14-8-5-9-23-14)24-16-18-19-20-21(16)11-13-6-3-2-4-7-13/h2-4,6-7,12,14H,5,8-11H2,1H3,(H,17,22). The summed E-state index contributed by atoms with van der Waals surface area (Å²) in [7, 11) is 0. The van der Waals surface area contributed by atoms with Gasteiger partial charge in [0.25, 0.3) is 0 Å². The molecule has 7 nitrogen and oxygen atoms in total. The molecule has 0 aliphatic carbocycles. The number of nitrogens with one attached hydrogen (secondary N) is 1. The van der Waals surface area contributed by atoms with E-state index in [1.807, 2.05) is 37.3 Å². The molecule has 1 amide bonds. The summed E-state index contributed by atoms with van der Waals surface area (Å²) in [4.78, 5) is 12.2. The van der Waals surface area contributed by atoms with Crippen molar-refractivity contribution in [3.8, 4) is 0 Å². The molecular weight excluding hydrogens is 326 g/mol. The molecule has 2 unspecified atom stereocenters. The highest BCUT2D eigenvalue weighted by molar-refractivity contribution is 8.00. The van der Waals surface area contributed by atoms with E-state index in [1.165, 1.54) is 11.8 Å². The molecule has 0 saturated carbocycles. The first-order valence-corrected chi connectivity index (χ1v) is 8.96. The molecule has 1 aromatic heterocycles. The summed E-state index contributed by atoms with van der Waals surface area (Å²) in [5, 5.41) is 15.1. The quantitative estimate of drug-likeness (QED) is 0.765. The fourth-order valence-electron chi connectivity index (χ4n) is 2.51. The second kappa shape index (κ2) is 8.25. The summed E-state index contributed by atoms with van der Waals surface area (Å²) in [5.74, 6) is -0.0234. The largest absolute Gasteiger partial charge is 0.376 e. The second-order valence-electron chi connectivity index (χ2n) is 5.74.